The number of hydrogen-bond acceptors (Lipinski definition) is 3. The molecule has 5 heteroatoms. The van der Waals surface area contributed by atoms with Gasteiger partial charge in [0, 0.05) is 12.6 Å². The lowest BCUT2D eigenvalue weighted by molar-refractivity contribution is -0.116. The highest BCUT2D eigenvalue weighted by Crippen LogP contribution is 2.17. The van der Waals surface area contributed by atoms with Crippen LogP contribution in [0.2, 0.25) is 0 Å². The van der Waals surface area contributed by atoms with Gasteiger partial charge in [0.15, 0.2) is 9.84 Å². The average molecular weight is 293 g/mol. The Morgan fingerprint density at radius 1 is 1.35 bits per heavy atom. The molecule has 0 bridgehead atoms. The molecule has 1 aliphatic rings. The smallest absolute Gasteiger partial charge is 0.244 e. The van der Waals surface area contributed by atoms with E-state index in [0.29, 0.717) is 13.0 Å². The molecule has 1 unspecified atom stereocenters. The molecule has 20 heavy (non-hydrogen) atoms. The largest absolute Gasteiger partial charge is 0.352 e. The summed E-state index contributed by atoms with van der Waals surface area (Å²) in [5, 5.41) is 2.75. The molecule has 0 spiro atoms. The molecule has 0 aliphatic carbocycles. The van der Waals surface area contributed by atoms with E-state index in [-0.39, 0.29) is 23.3 Å². The summed E-state index contributed by atoms with van der Waals surface area (Å²) in [6.07, 6.45) is 3.87. The first kappa shape index (κ1) is 14.8. The third-order valence-corrected chi connectivity index (χ3v) is 5.23. The molecule has 1 N–H and O–H groups in total. The Labute approximate surface area is 119 Å². The number of amides is 1. The van der Waals surface area contributed by atoms with Crippen LogP contribution >= 0.6 is 0 Å². The summed E-state index contributed by atoms with van der Waals surface area (Å²) in [6, 6.07) is 7.87. The second-order valence-corrected chi connectivity index (χ2v) is 7.49. The zero-order chi connectivity index (χ0) is 14.6. The summed E-state index contributed by atoms with van der Waals surface area (Å²) in [7, 11) is -2.87. The number of nitrogens with one attached hydrogen (secondary N) is 1. The van der Waals surface area contributed by atoms with Crippen LogP contribution in [0, 0.1) is 12.8 Å². The first-order chi connectivity index (χ1) is 9.44. The van der Waals surface area contributed by atoms with Gasteiger partial charge in [-0.1, -0.05) is 29.8 Å². The van der Waals surface area contributed by atoms with Crippen LogP contribution in [0.1, 0.15) is 17.5 Å². The molecule has 1 aromatic carbocycles. The second-order valence-electron chi connectivity index (χ2n) is 5.26. The van der Waals surface area contributed by atoms with E-state index in [4.69, 9.17) is 0 Å². The summed E-state index contributed by atoms with van der Waals surface area (Å²) < 4.78 is 22.6. The van der Waals surface area contributed by atoms with Crippen LogP contribution in [0.4, 0.5) is 0 Å². The maximum Gasteiger partial charge on any atom is 0.244 e. The Bertz CT molecular complexity index is 603. The predicted molar refractivity (Wildman–Crippen MR) is 80.0 cm³/mol. The van der Waals surface area contributed by atoms with E-state index in [1.165, 1.54) is 11.6 Å². The Morgan fingerprint density at radius 3 is 2.65 bits per heavy atom. The van der Waals surface area contributed by atoms with Crippen molar-refractivity contribution < 1.29 is 13.2 Å². The second kappa shape index (κ2) is 6.22. The third kappa shape index (κ3) is 4.49. The third-order valence-electron chi connectivity index (χ3n) is 3.40. The van der Waals surface area contributed by atoms with Gasteiger partial charge in [0.05, 0.1) is 11.5 Å². The van der Waals surface area contributed by atoms with Crippen molar-refractivity contribution >= 4 is 21.8 Å². The zero-order valence-corrected chi connectivity index (χ0v) is 12.3. The summed E-state index contributed by atoms with van der Waals surface area (Å²) in [5.74, 6) is 0.299. The molecule has 2 rings (SSSR count). The summed E-state index contributed by atoms with van der Waals surface area (Å²) >= 11 is 0. The normalized spacial score (nSPS) is 21.1. The Kier molecular flexibility index (Phi) is 4.60. The average Bonchev–Trinajstić information content (AvgIpc) is 2.75. The number of aryl methyl sites for hydroxylation is 1. The molecule has 1 heterocycles. The fourth-order valence-corrected chi connectivity index (χ4v) is 4.05. The number of rotatable bonds is 4. The quantitative estimate of drug-likeness (QED) is 0.857. The minimum atomic E-state index is -2.87. The molecule has 1 amide bonds. The fraction of sp³-hybridized carbons (Fsp3) is 0.400. The lowest BCUT2D eigenvalue weighted by atomic mass is 10.1. The van der Waals surface area contributed by atoms with Crippen LogP contribution in [0.5, 0.6) is 0 Å². The summed E-state index contributed by atoms with van der Waals surface area (Å²) in [5.41, 5.74) is 2.14. The lowest BCUT2D eigenvalue weighted by Gasteiger charge is -2.07. The predicted octanol–water partition coefficient (Wildman–Crippen LogP) is 1.56. The fourth-order valence-electron chi connectivity index (χ4n) is 2.19. The van der Waals surface area contributed by atoms with Crippen molar-refractivity contribution in [3.05, 3.63) is 41.5 Å². The number of carbonyl (C=O) groups excluding carboxylic acids is 1. The van der Waals surface area contributed by atoms with Gasteiger partial charge in [-0.15, -0.1) is 0 Å². The molecule has 1 aromatic rings. The van der Waals surface area contributed by atoms with Gasteiger partial charge in [-0.3, -0.25) is 4.79 Å². The van der Waals surface area contributed by atoms with Gasteiger partial charge in [0.2, 0.25) is 5.91 Å². The van der Waals surface area contributed by atoms with E-state index >= 15 is 0 Å². The van der Waals surface area contributed by atoms with Gasteiger partial charge in [0.1, 0.15) is 0 Å². The van der Waals surface area contributed by atoms with Crippen LogP contribution in [-0.2, 0) is 14.6 Å². The molecule has 1 fully saturated rings. The van der Waals surface area contributed by atoms with Crippen molar-refractivity contribution in [3.8, 4) is 0 Å². The van der Waals surface area contributed by atoms with Crippen molar-refractivity contribution in [2.24, 2.45) is 5.92 Å². The summed E-state index contributed by atoms with van der Waals surface area (Å²) in [4.78, 5) is 11.7. The molecule has 108 valence electrons. The number of carbonyl (C=O) groups is 1. The van der Waals surface area contributed by atoms with E-state index in [2.05, 4.69) is 5.32 Å². The van der Waals surface area contributed by atoms with Gasteiger partial charge < -0.3 is 5.32 Å². The number of benzene rings is 1. The van der Waals surface area contributed by atoms with Crippen molar-refractivity contribution in [1.82, 2.24) is 5.32 Å². The van der Waals surface area contributed by atoms with Gasteiger partial charge in [-0.05, 0) is 30.9 Å². The topological polar surface area (TPSA) is 63.2 Å². The standard InChI is InChI=1S/C15H19NO3S/c1-12-2-4-13(5-3-12)6-7-15(17)16-10-14-8-9-20(18,19)11-14/h2-7,14H,8-11H2,1H3,(H,16,17). The van der Waals surface area contributed by atoms with E-state index in [9.17, 15) is 13.2 Å². The Morgan fingerprint density at radius 2 is 2.05 bits per heavy atom. The van der Waals surface area contributed by atoms with Gasteiger partial charge in [0.25, 0.3) is 0 Å². The monoisotopic (exact) mass is 293 g/mol. The maximum absolute atomic E-state index is 11.7. The first-order valence-corrected chi connectivity index (χ1v) is 8.50. The molecular weight excluding hydrogens is 274 g/mol. The van der Waals surface area contributed by atoms with E-state index in [1.54, 1.807) is 6.08 Å². The molecule has 0 radical (unpaired) electrons. The lowest BCUT2D eigenvalue weighted by Crippen LogP contribution is -2.28. The molecule has 0 aromatic heterocycles. The number of sulfone groups is 1. The molecule has 1 saturated heterocycles. The van der Waals surface area contributed by atoms with Crippen LogP contribution in [0.25, 0.3) is 6.08 Å². The summed E-state index contributed by atoms with van der Waals surface area (Å²) in [6.45, 7) is 2.44. The van der Waals surface area contributed by atoms with Gasteiger partial charge in [-0.25, -0.2) is 8.42 Å². The Hall–Kier alpha value is -1.62. The van der Waals surface area contributed by atoms with E-state index in [0.717, 1.165) is 5.56 Å². The maximum atomic E-state index is 11.7. The molecule has 0 saturated carbocycles. The van der Waals surface area contributed by atoms with Crippen LogP contribution in [0.15, 0.2) is 30.3 Å². The van der Waals surface area contributed by atoms with E-state index < -0.39 is 9.84 Å². The van der Waals surface area contributed by atoms with Gasteiger partial charge in [-0.2, -0.15) is 0 Å². The molecule has 1 aliphatic heterocycles. The van der Waals surface area contributed by atoms with Crippen LogP contribution < -0.4 is 5.32 Å². The number of hydrogen-bond donors (Lipinski definition) is 1. The van der Waals surface area contributed by atoms with Gasteiger partial charge >= 0.3 is 0 Å². The van der Waals surface area contributed by atoms with Crippen molar-refractivity contribution in [2.75, 3.05) is 18.1 Å². The van der Waals surface area contributed by atoms with Crippen molar-refractivity contribution in [3.63, 3.8) is 0 Å². The molecular formula is C15H19NO3S. The highest BCUT2D eigenvalue weighted by atomic mass is 32.2. The zero-order valence-electron chi connectivity index (χ0n) is 11.5. The Balaban J connectivity index is 1.79. The molecule has 4 nitrogen and oxygen atoms in total. The highest BCUT2D eigenvalue weighted by Gasteiger charge is 2.27. The minimum Gasteiger partial charge on any atom is -0.352 e. The molecule has 1 atom stereocenters. The van der Waals surface area contributed by atoms with Crippen molar-refractivity contribution in [2.45, 2.75) is 13.3 Å². The van der Waals surface area contributed by atoms with E-state index in [1.807, 2.05) is 31.2 Å². The minimum absolute atomic E-state index is 0.0525. The van der Waals surface area contributed by atoms with Crippen molar-refractivity contribution in [1.29, 1.82) is 0 Å². The van der Waals surface area contributed by atoms with Crippen LogP contribution in [-0.4, -0.2) is 32.4 Å². The highest BCUT2D eigenvalue weighted by molar-refractivity contribution is 7.91. The SMILES string of the molecule is Cc1ccc(C=CC(=O)NCC2CCS(=O)(=O)C2)cc1. The van der Waals surface area contributed by atoms with Crippen LogP contribution in [0.3, 0.4) is 0 Å². The first-order valence-electron chi connectivity index (χ1n) is 6.68.